The van der Waals surface area contributed by atoms with Crippen molar-refractivity contribution in [2.24, 2.45) is 5.92 Å². The number of aromatic nitrogens is 1. The first-order chi connectivity index (χ1) is 10.6. The number of H-pyrrole nitrogens is 1. The van der Waals surface area contributed by atoms with Gasteiger partial charge in [-0.15, -0.1) is 0 Å². The Morgan fingerprint density at radius 1 is 1.45 bits per heavy atom. The summed E-state index contributed by atoms with van der Waals surface area (Å²) in [5, 5.41) is 11.7. The summed E-state index contributed by atoms with van der Waals surface area (Å²) in [6.45, 7) is 3.43. The number of benzene rings is 1. The topological polar surface area (TPSA) is 79.2 Å². The number of nitrogens with one attached hydrogen (secondary N) is 1. The molecule has 1 amide bonds. The summed E-state index contributed by atoms with van der Waals surface area (Å²) in [7, 11) is 0. The predicted octanol–water partition coefficient (Wildman–Crippen LogP) is 3.22. The average Bonchev–Trinajstić information content (AvgIpc) is 3.04. The lowest BCUT2D eigenvalue weighted by molar-refractivity contribution is -0.384. The van der Waals surface area contributed by atoms with Gasteiger partial charge in [0.25, 0.3) is 5.69 Å². The van der Waals surface area contributed by atoms with Gasteiger partial charge >= 0.3 is 0 Å². The standard InChI is InChI=1S/C16H19N3O3/c1-2-3-11-6-16(20)18(9-11)10-12-8-17-15-5-4-13(19(21)22)7-14(12)15/h4-5,7-8,11,17H,2-3,6,9-10H2,1H3. The minimum absolute atomic E-state index is 0.0740. The van der Waals surface area contributed by atoms with Crippen molar-refractivity contribution in [2.75, 3.05) is 6.54 Å². The van der Waals surface area contributed by atoms with Crippen LogP contribution >= 0.6 is 0 Å². The van der Waals surface area contributed by atoms with Crippen LogP contribution in [0.3, 0.4) is 0 Å². The van der Waals surface area contributed by atoms with Crippen LogP contribution in [0.15, 0.2) is 24.4 Å². The van der Waals surface area contributed by atoms with Gasteiger partial charge in [0.15, 0.2) is 0 Å². The fourth-order valence-electron chi connectivity index (χ4n) is 3.22. The number of nitro groups is 1. The van der Waals surface area contributed by atoms with Crippen molar-refractivity contribution >= 4 is 22.5 Å². The van der Waals surface area contributed by atoms with Gasteiger partial charge in [-0.2, -0.15) is 0 Å². The van der Waals surface area contributed by atoms with Crippen LogP contribution in [0.4, 0.5) is 5.69 Å². The number of aromatic amines is 1. The molecule has 0 bridgehead atoms. The van der Waals surface area contributed by atoms with Crippen LogP contribution < -0.4 is 0 Å². The highest BCUT2D eigenvalue weighted by atomic mass is 16.6. The molecule has 2 aromatic rings. The van der Waals surface area contributed by atoms with Gasteiger partial charge in [0.05, 0.1) is 4.92 Å². The molecule has 22 heavy (non-hydrogen) atoms. The van der Waals surface area contributed by atoms with Crippen molar-refractivity contribution in [1.29, 1.82) is 0 Å². The minimum Gasteiger partial charge on any atom is -0.361 e. The number of hydrogen-bond acceptors (Lipinski definition) is 3. The van der Waals surface area contributed by atoms with E-state index in [4.69, 9.17) is 0 Å². The second-order valence-corrected chi connectivity index (χ2v) is 5.93. The molecule has 1 N–H and O–H groups in total. The number of carbonyl (C=O) groups is 1. The van der Waals surface area contributed by atoms with Crippen molar-refractivity contribution in [3.8, 4) is 0 Å². The van der Waals surface area contributed by atoms with E-state index < -0.39 is 4.92 Å². The lowest BCUT2D eigenvalue weighted by Gasteiger charge is -2.16. The Bertz CT molecular complexity index is 722. The van der Waals surface area contributed by atoms with Crippen molar-refractivity contribution in [1.82, 2.24) is 9.88 Å². The average molecular weight is 301 g/mol. The largest absolute Gasteiger partial charge is 0.361 e. The number of rotatable bonds is 5. The van der Waals surface area contributed by atoms with Gasteiger partial charge in [0, 0.05) is 48.7 Å². The fourth-order valence-corrected chi connectivity index (χ4v) is 3.22. The quantitative estimate of drug-likeness (QED) is 0.680. The third kappa shape index (κ3) is 2.68. The maximum atomic E-state index is 12.1. The van der Waals surface area contributed by atoms with Crippen molar-refractivity contribution in [3.63, 3.8) is 0 Å². The molecular weight excluding hydrogens is 282 g/mol. The summed E-state index contributed by atoms with van der Waals surface area (Å²) in [5.41, 5.74) is 1.87. The molecule has 2 heterocycles. The van der Waals surface area contributed by atoms with E-state index in [1.54, 1.807) is 12.1 Å². The maximum absolute atomic E-state index is 12.1. The molecule has 6 nitrogen and oxygen atoms in total. The highest BCUT2D eigenvalue weighted by Gasteiger charge is 2.29. The second kappa shape index (κ2) is 5.79. The third-order valence-corrected chi connectivity index (χ3v) is 4.31. The fraction of sp³-hybridized carbons (Fsp3) is 0.438. The molecule has 1 aromatic carbocycles. The molecule has 1 aromatic heterocycles. The van der Waals surface area contributed by atoms with Gasteiger partial charge in [-0.05, 0) is 24.0 Å². The summed E-state index contributed by atoms with van der Waals surface area (Å²) >= 11 is 0. The molecule has 0 saturated carbocycles. The highest BCUT2D eigenvalue weighted by Crippen LogP contribution is 2.28. The maximum Gasteiger partial charge on any atom is 0.270 e. The lowest BCUT2D eigenvalue weighted by atomic mass is 10.0. The Labute approximate surface area is 128 Å². The molecule has 1 atom stereocenters. The first kappa shape index (κ1) is 14.6. The number of hydrogen-bond donors (Lipinski definition) is 1. The van der Waals surface area contributed by atoms with E-state index >= 15 is 0 Å². The number of carbonyl (C=O) groups excluding carboxylic acids is 1. The summed E-state index contributed by atoms with van der Waals surface area (Å²) in [6.07, 6.45) is 4.62. The number of nitro benzene ring substituents is 1. The molecule has 1 aliphatic heterocycles. The van der Waals surface area contributed by atoms with Gasteiger partial charge in [-0.3, -0.25) is 14.9 Å². The Kier molecular flexibility index (Phi) is 3.83. The van der Waals surface area contributed by atoms with Crippen molar-refractivity contribution in [3.05, 3.63) is 40.1 Å². The summed E-state index contributed by atoms with van der Waals surface area (Å²) in [5.74, 6) is 0.621. The number of amides is 1. The molecule has 1 saturated heterocycles. The second-order valence-electron chi connectivity index (χ2n) is 5.93. The van der Waals surface area contributed by atoms with Crippen LogP contribution in [0.5, 0.6) is 0 Å². The highest BCUT2D eigenvalue weighted by molar-refractivity contribution is 5.86. The minimum atomic E-state index is -0.394. The summed E-state index contributed by atoms with van der Waals surface area (Å²) in [4.78, 5) is 27.6. The van der Waals surface area contributed by atoms with Crippen molar-refractivity contribution in [2.45, 2.75) is 32.7 Å². The molecular formula is C16H19N3O3. The van der Waals surface area contributed by atoms with E-state index in [0.29, 0.717) is 18.9 Å². The molecule has 0 aliphatic carbocycles. The summed E-state index contributed by atoms with van der Waals surface area (Å²) in [6, 6.07) is 4.77. The zero-order valence-corrected chi connectivity index (χ0v) is 12.5. The monoisotopic (exact) mass is 301 g/mol. The van der Waals surface area contributed by atoms with Gasteiger partial charge in [-0.25, -0.2) is 0 Å². The number of fused-ring (bicyclic) bond motifs is 1. The molecule has 0 radical (unpaired) electrons. The number of non-ortho nitro benzene ring substituents is 1. The van der Waals surface area contributed by atoms with Crippen LogP contribution in [-0.4, -0.2) is 27.3 Å². The molecule has 1 aliphatic rings. The first-order valence-corrected chi connectivity index (χ1v) is 7.60. The Balaban J connectivity index is 1.83. The van der Waals surface area contributed by atoms with Crippen LogP contribution in [0.1, 0.15) is 31.7 Å². The molecule has 0 spiro atoms. The first-order valence-electron chi connectivity index (χ1n) is 7.60. The number of likely N-dealkylation sites (tertiary alicyclic amines) is 1. The van der Waals surface area contributed by atoms with Gasteiger partial charge in [0.1, 0.15) is 0 Å². The number of nitrogens with zero attached hydrogens (tertiary/aromatic N) is 2. The predicted molar refractivity (Wildman–Crippen MR) is 83.4 cm³/mol. The smallest absolute Gasteiger partial charge is 0.270 e. The van der Waals surface area contributed by atoms with Gasteiger partial charge in [0.2, 0.25) is 5.91 Å². The van der Waals surface area contributed by atoms with Gasteiger partial charge < -0.3 is 9.88 Å². The van der Waals surface area contributed by atoms with E-state index in [0.717, 1.165) is 35.9 Å². The normalized spacial score (nSPS) is 18.3. The van der Waals surface area contributed by atoms with E-state index in [1.165, 1.54) is 6.07 Å². The molecule has 6 heteroatoms. The van der Waals surface area contributed by atoms with Crippen LogP contribution in [0, 0.1) is 16.0 Å². The lowest BCUT2D eigenvalue weighted by Crippen LogP contribution is -2.24. The van der Waals surface area contributed by atoms with Crippen LogP contribution in [-0.2, 0) is 11.3 Å². The Morgan fingerprint density at radius 2 is 2.27 bits per heavy atom. The Hall–Kier alpha value is -2.37. The van der Waals surface area contributed by atoms with E-state index in [1.807, 2.05) is 11.1 Å². The zero-order valence-electron chi connectivity index (χ0n) is 12.5. The van der Waals surface area contributed by atoms with E-state index in [-0.39, 0.29) is 11.6 Å². The van der Waals surface area contributed by atoms with E-state index in [9.17, 15) is 14.9 Å². The zero-order chi connectivity index (χ0) is 15.7. The van der Waals surface area contributed by atoms with Crippen LogP contribution in [0.25, 0.3) is 10.9 Å². The molecule has 3 rings (SSSR count). The molecule has 1 unspecified atom stereocenters. The van der Waals surface area contributed by atoms with E-state index in [2.05, 4.69) is 11.9 Å². The molecule has 1 fully saturated rings. The van der Waals surface area contributed by atoms with Crippen molar-refractivity contribution < 1.29 is 9.72 Å². The summed E-state index contributed by atoms with van der Waals surface area (Å²) < 4.78 is 0. The third-order valence-electron chi connectivity index (χ3n) is 4.31. The Morgan fingerprint density at radius 3 is 3.00 bits per heavy atom. The SMILES string of the molecule is CCCC1CC(=O)N(Cc2c[nH]c3ccc([N+](=O)[O-])cc23)C1. The van der Waals surface area contributed by atoms with Gasteiger partial charge in [-0.1, -0.05) is 13.3 Å². The van der Waals surface area contributed by atoms with Crippen LogP contribution in [0.2, 0.25) is 0 Å². The molecule has 116 valence electrons.